The monoisotopic (exact) mass is 292 g/mol. The van der Waals surface area contributed by atoms with E-state index in [2.05, 4.69) is 0 Å². The Balaban J connectivity index is 2.44. The molecule has 3 nitrogen and oxygen atoms in total. The summed E-state index contributed by atoms with van der Waals surface area (Å²) in [4.78, 5) is 11.9. The summed E-state index contributed by atoms with van der Waals surface area (Å²) in [6.07, 6.45) is -3.02. The van der Waals surface area contributed by atoms with Crippen LogP contribution in [0.15, 0.2) is 47.4 Å². The first-order chi connectivity index (χ1) is 9.82. The van der Waals surface area contributed by atoms with Crippen molar-refractivity contribution in [1.82, 2.24) is 4.57 Å². The molecule has 1 aromatic carbocycles. The maximum absolute atomic E-state index is 12.7. The van der Waals surface area contributed by atoms with Crippen molar-refractivity contribution < 1.29 is 13.2 Å². The number of rotatable bonds is 2. The Morgan fingerprint density at radius 1 is 1.24 bits per heavy atom. The predicted octanol–water partition coefficient (Wildman–Crippen LogP) is 3.35. The highest BCUT2D eigenvalue weighted by atomic mass is 19.4. The highest BCUT2D eigenvalue weighted by Gasteiger charge is 2.30. The molecule has 0 amide bonds. The van der Waals surface area contributed by atoms with Crippen LogP contribution in [-0.4, -0.2) is 4.57 Å². The zero-order valence-electron chi connectivity index (χ0n) is 11.1. The van der Waals surface area contributed by atoms with Gasteiger partial charge in [-0.25, -0.2) is 0 Å². The van der Waals surface area contributed by atoms with Gasteiger partial charge in [-0.2, -0.15) is 18.4 Å². The average Bonchev–Trinajstić information content (AvgIpc) is 2.45. The van der Waals surface area contributed by atoms with Crippen LogP contribution in [-0.2, 0) is 6.18 Å². The molecule has 1 atom stereocenters. The van der Waals surface area contributed by atoms with Gasteiger partial charge in [0, 0.05) is 12.3 Å². The lowest BCUT2D eigenvalue weighted by atomic mass is 10.0. The number of benzene rings is 1. The number of pyridine rings is 1. The third kappa shape index (κ3) is 3.14. The molecule has 0 bridgehead atoms. The minimum Gasteiger partial charge on any atom is -0.308 e. The first-order valence-electron chi connectivity index (χ1n) is 6.12. The van der Waals surface area contributed by atoms with Crippen LogP contribution in [0.2, 0.25) is 0 Å². The van der Waals surface area contributed by atoms with Crippen LogP contribution in [0, 0.1) is 11.3 Å². The summed E-state index contributed by atoms with van der Waals surface area (Å²) in [7, 11) is 0. The maximum atomic E-state index is 12.7. The van der Waals surface area contributed by atoms with Gasteiger partial charge in [-0.1, -0.05) is 12.1 Å². The summed E-state index contributed by atoms with van der Waals surface area (Å²) in [5, 5.41) is 8.71. The number of hydrogen-bond acceptors (Lipinski definition) is 2. The minimum atomic E-state index is -4.43. The van der Waals surface area contributed by atoms with Crippen LogP contribution < -0.4 is 5.56 Å². The molecule has 0 aliphatic carbocycles. The van der Waals surface area contributed by atoms with E-state index in [1.807, 2.05) is 6.07 Å². The standard InChI is InChI=1S/C15H11F3N2O/c1-10(20-6-5-11(9-19)7-14(20)21)12-3-2-4-13(8-12)15(16,17)18/h2-8,10H,1H3. The fraction of sp³-hybridized carbons (Fsp3) is 0.200. The van der Waals surface area contributed by atoms with Gasteiger partial charge in [0.15, 0.2) is 0 Å². The topological polar surface area (TPSA) is 45.8 Å². The van der Waals surface area contributed by atoms with Crippen LogP contribution in [0.3, 0.4) is 0 Å². The molecule has 0 spiro atoms. The first-order valence-corrected chi connectivity index (χ1v) is 6.12. The van der Waals surface area contributed by atoms with Gasteiger partial charge in [0.1, 0.15) is 0 Å². The van der Waals surface area contributed by atoms with Crippen LogP contribution in [0.1, 0.15) is 29.7 Å². The number of hydrogen-bond donors (Lipinski definition) is 0. The lowest BCUT2D eigenvalue weighted by molar-refractivity contribution is -0.137. The van der Waals surface area contributed by atoms with E-state index < -0.39 is 23.3 Å². The molecule has 0 aliphatic heterocycles. The van der Waals surface area contributed by atoms with Crippen molar-refractivity contribution in [2.75, 3.05) is 0 Å². The van der Waals surface area contributed by atoms with Crippen LogP contribution >= 0.6 is 0 Å². The molecule has 108 valence electrons. The van der Waals surface area contributed by atoms with Gasteiger partial charge in [0.2, 0.25) is 0 Å². The lowest BCUT2D eigenvalue weighted by Gasteiger charge is -2.17. The quantitative estimate of drug-likeness (QED) is 0.852. The van der Waals surface area contributed by atoms with E-state index >= 15 is 0 Å². The van der Waals surface area contributed by atoms with E-state index in [1.165, 1.54) is 29.0 Å². The van der Waals surface area contributed by atoms with Crippen molar-refractivity contribution in [3.8, 4) is 6.07 Å². The molecule has 0 saturated carbocycles. The summed E-state index contributed by atoms with van der Waals surface area (Å²) in [6.45, 7) is 1.63. The molecule has 2 aromatic rings. The van der Waals surface area contributed by atoms with Crippen molar-refractivity contribution in [1.29, 1.82) is 5.26 Å². The molecule has 0 radical (unpaired) electrons. The zero-order valence-corrected chi connectivity index (χ0v) is 11.1. The number of alkyl halides is 3. The second kappa shape index (κ2) is 5.44. The van der Waals surface area contributed by atoms with Gasteiger partial charge in [0.25, 0.3) is 5.56 Å². The van der Waals surface area contributed by atoms with Gasteiger partial charge in [-0.05, 0) is 30.7 Å². The summed E-state index contributed by atoms with van der Waals surface area (Å²) in [5.74, 6) is 0. The molecule has 0 fully saturated rings. The summed E-state index contributed by atoms with van der Waals surface area (Å²) in [6, 6.07) is 8.73. The van der Waals surface area contributed by atoms with E-state index in [9.17, 15) is 18.0 Å². The lowest BCUT2D eigenvalue weighted by Crippen LogP contribution is -2.23. The molecule has 1 unspecified atom stereocenters. The van der Waals surface area contributed by atoms with Crippen molar-refractivity contribution in [3.05, 3.63) is 69.6 Å². The Morgan fingerprint density at radius 2 is 1.95 bits per heavy atom. The smallest absolute Gasteiger partial charge is 0.308 e. The Bertz CT molecular complexity index is 756. The number of aromatic nitrogens is 1. The number of nitrogens with zero attached hydrogens (tertiary/aromatic N) is 2. The van der Waals surface area contributed by atoms with Crippen molar-refractivity contribution >= 4 is 0 Å². The first kappa shape index (κ1) is 14.9. The van der Waals surface area contributed by atoms with E-state index in [0.717, 1.165) is 18.2 Å². The highest BCUT2D eigenvalue weighted by molar-refractivity contribution is 5.30. The van der Waals surface area contributed by atoms with Gasteiger partial charge in [0.05, 0.1) is 23.2 Å². The SMILES string of the molecule is CC(c1cccc(C(F)(F)F)c1)n1ccc(C#N)cc1=O. The predicted molar refractivity (Wildman–Crippen MR) is 70.7 cm³/mol. The molecule has 21 heavy (non-hydrogen) atoms. The Kier molecular flexibility index (Phi) is 3.85. The highest BCUT2D eigenvalue weighted by Crippen LogP contribution is 2.31. The fourth-order valence-corrected chi connectivity index (χ4v) is 2.01. The van der Waals surface area contributed by atoms with Crippen molar-refractivity contribution in [2.45, 2.75) is 19.1 Å². The van der Waals surface area contributed by atoms with Gasteiger partial charge in [-0.3, -0.25) is 4.79 Å². The molecule has 6 heteroatoms. The fourth-order valence-electron chi connectivity index (χ4n) is 2.01. The third-order valence-corrected chi connectivity index (χ3v) is 3.19. The third-order valence-electron chi connectivity index (χ3n) is 3.19. The van der Waals surface area contributed by atoms with E-state index in [0.29, 0.717) is 5.56 Å². The summed E-state index contributed by atoms with van der Waals surface area (Å²) in [5.41, 5.74) is -0.600. The Morgan fingerprint density at radius 3 is 2.52 bits per heavy atom. The number of halogens is 3. The number of nitriles is 1. The summed E-state index contributed by atoms with van der Waals surface area (Å²) < 4.78 is 39.4. The van der Waals surface area contributed by atoms with Gasteiger partial charge >= 0.3 is 6.18 Å². The largest absolute Gasteiger partial charge is 0.416 e. The second-order valence-electron chi connectivity index (χ2n) is 4.57. The van der Waals surface area contributed by atoms with E-state index in [-0.39, 0.29) is 5.56 Å². The van der Waals surface area contributed by atoms with Crippen LogP contribution in [0.5, 0.6) is 0 Å². The molecule has 1 aromatic heterocycles. The van der Waals surface area contributed by atoms with Gasteiger partial charge < -0.3 is 4.57 Å². The molecule has 1 heterocycles. The van der Waals surface area contributed by atoms with Crippen molar-refractivity contribution in [2.24, 2.45) is 0 Å². The van der Waals surface area contributed by atoms with Gasteiger partial charge in [-0.15, -0.1) is 0 Å². The van der Waals surface area contributed by atoms with E-state index in [4.69, 9.17) is 5.26 Å². The minimum absolute atomic E-state index is 0.215. The second-order valence-corrected chi connectivity index (χ2v) is 4.57. The van der Waals surface area contributed by atoms with Crippen molar-refractivity contribution in [3.63, 3.8) is 0 Å². The van der Waals surface area contributed by atoms with E-state index in [1.54, 1.807) is 6.92 Å². The molecule has 0 aliphatic rings. The molecule has 0 saturated heterocycles. The van der Waals surface area contributed by atoms with Crippen LogP contribution in [0.25, 0.3) is 0 Å². The normalized spacial score (nSPS) is 12.7. The Hall–Kier alpha value is -2.55. The zero-order chi connectivity index (χ0) is 15.6. The average molecular weight is 292 g/mol. The Labute approximate surface area is 118 Å². The molecule has 0 N–H and O–H groups in total. The maximum Gasteiger partial charge on any atom is 0.416 e. The summed E-state index contributed by atoms with van der Waals surface area (Å²) >= 11 is 0. The molecular weight excluding hydrogens is 281 g/mol. The molecule has 2 rings (SSSR count). The van der Waals surface area contributed by atoms with Crippen LogP contribution in [0.4, 0.5) is 13.2 Å². The molecular formula is C15H11F3N2O.